The minimum Gasteiger partial charge on any atom is -0.365 e. The second kappa shape index (κ2) is 4.92. The van der Waals surface area contributed by atoms with Crippen molar-refractivity contribution in [3.63, 3.8) is 0 Å². The van der Waals surface area contributed by atoms with Crippen molar-refractivity contribution in [3.05, 3.63) is 54.2 Å². The summed E-state index contributed by atoms with van der Waals surface area (Å²) in [7, 11) is 0. The molecule has 3 heteroatoms. The van der Waals surface area contributed by atoms with Crippen LogP contribution < -0.4 is 5.32 Å². The Balaban J connectivity index is 2.24. The topological polar surface area (TPSA) is 29.3 Å². The fraction of sp³-hybridized carbons (Fsp3) is 0.278. The number of hydrogen-bond acceptors (Lipinski definition) is 2. The van der Waals surface area contributed by atoms with Crippen LogP contribution in [0.3, 0.4) is 0 Å². The molecule has 0 saturated carbocycles. The van der Waals surface area contributed by atoms with Crippen LogP contribution in [-0.2, 0) is 0 Å². The Hall–Kier alpha value is -2.29. The van der Waals surface area contributed by atoms with Gasteiger partial charge >= 0.3 is 0 Å². The van der Waals surface area contributed by atoms with E-state index in [0.29, 0.717) is 0 Å². The van der Waals surface area contributed by atoms with E-state index in [0.717, 1.165) is 22.7 Å². The summed E-state index contributed by atoms with van der Waals surface area (Å²) in [5.74, 6) is 1.05. The number of nitrogens with zero attached hydrogens (tertiary/aromatic N) is 2. The molecule has 0 fully saturated rings. The molecule has 0 saturated heterocycles. The van der Waals surface area contributed by atoms with Gasteiger partial charge in [-0.25, -0.2) is 4.98 Å². The number of pyridine rings is 1. The molecule has 21 heavy (non-hydrogen) atoms. The van der Waals surface area contributed by atoms with Gasteiger partial charge in [0.05, 0.1) is 0 Å². The minimum absolute atomic E-state index is 0.0234. The summed E-state index contributed by atoms with van der Waals surface area (Å²) in [5.41, 5.74) is 4.32. The van der Waals surface area contributed by atoms with E-state index in [1.165, 1.54) is 5.56 Å². The average molecular weight is 279 g/mol. The molecule has 0 unspecified atom stereocenters. The minimum atomic E-state index is -0.0234. The largest absolute Gasteiger partial charge is 0.365 e. The highest BCUT2D eigenvalue weighted by Gasteiger charge is 2.18. The molecule has 0 amide bonds. The van der Waals surface area contributed by atoms with Gasteiger partial charge < -0.3 is 5.32 Å². The van der Waals surface area contributed by atoms with Gasteiger partial charge in [-0.2, -0.15) is 0 Å². The highest BCUT2D eigenvalue weighted by molar-refractivity contribution is 5.77. The summed E-state index contributed by atoms with van der Waals surface area (Å²) < 4.78 is 2.11. The Labute approximate surface area is 125 Å². The lowest BCUT2D eigenvalue weighted by molar-refractivity contribution is 0.629. The third-order valence-electron chi connectivity index (χ3n) is 3.31. The van der Waals surface area contributed by atoms with E-state index in [1.807, 2.05) is 18.2 Å². The molecule has 1 aromatic carbocycles. The zero-order chi connectivity index (χ0) is 15.0. The maximum Gasteiger partial charge on any atom is 0.139 e. The van der Waals surface area contributed by atoms with Gasteiger partial charge in [-0.05, 0) is 45.9 Å². The van der Waals surface area contributed by atoms with Crippen molar-refractivity contribution < 1.29 is 0 Å². The first kappa shape index (κ1) is 13.7. The number of aromatic nitrogens is 2. The van der Waals surface area contributed by atoms with Crippen molar-refractivity contribution in [2.24, 2.45) is 0 Å². The van der Waals surface area contributed by atoms with Gasteiger partial charge in [-0.15, -0.1) is 0 Å². The SMILES string of the molecule is Cc1cccc(-c2nc3ccccn3c2NC(C)(C)C)c1. The van der Waals surface area contributed by atoms with Crippen molar-refractivity contribution >= 4 is 11.5 Å². The van der Waals surface area contributed by atoms with E-state index >= 15 is 0 Å². The maximum atomic E-state index is 4.81. The van der Waals surface area contributed by atoms with Crippen LogP contribution >= 0.6 is 0 Å². The van der Waals surface area contributed by atoms with Crippen LogP contribution in [0.4, 0.5) is 5.82 Å². The third-order valence-corrected chi connectivity index (χ3v) is 3.31. The molecular formula is C18H21N3. The van der Waals surface area contributed by atoms with E-state index in [-0.39, 0.29) is 5.54 Å². The van der Waals surface area contributed by atoms with Crippen molar-refractivity contribution in [2.45, 2.75) is 33.2 Å². The van der Waals surface area contributed by atoms with Crippen LogP contribution in [0.1, 0.15) is 26.3 Å². The van der Waals surface area contributed by atoms with Crippen LogP contribution in [0.2, 0.25) is 0 Å². The number of nitrogens with one attached hydrogen (secondary N) is 1. The Kier molecular flexibility index (Phi) is 3.20. The lowest BCUT2D eigenvalue weighted by atomic mass is 10.1. The van der Waals surface area contributed by atoms with Crippen LogP contribution in [-0.4, -0.2) is 14.9 Å². The van der Waals surface area contributed by atoms with Crippen LogP contribution in [0, 0.1) is 6.92 Å². The number of rotatable bonds is 2. The first-order valence-corrected chi connectivity index (χ1v) is 7.26. The number of anilines is 1. The molecule has 2 heterocycles. The van der Waals surface area contributed by atoms with E-state index in [1.54, 1.807) is 0 Å². The molecule has 3 rings (SSSR count). The molecule has 0 aliphatic heterocycles. The number of aryl methyl sites for hydroxylation is 1. The molecular weight excluding hydrogens is 258 g/mol. The van der Waals surface area contributed by atoms with Gasteiger partial charge in [-0.1, -0.05) is 29.8 Å². The van der Waals surface area contributed by atoms with E-state index in [9.17, 15) is 0 Å². The Bertz CT molecular complexity index is 779. The first-order chi connectivity index (χ1) is 9.94. The second-order valence-corrected chi connectivity index (χ2v) is 6.48. The van der Waals surface area contributed by atoms with Gasteiger partial charge in [0, 0.05) is 17.3 Å². The summed E-state index contributed by atoms with van der Waals surface area (Å²) in [6.07, 6.45) is 2.05. The predicted molar refractivity (Wildman–Crippen MR) is 88.7 cm³/mol. The number of hydrogen-bond donors (Lipinski definition) is 1. The fourth-order valence-corrected chi connectivity index (χ4v) is 2.46. The fourth-order valence-electron chi connectivity index (χ4n) is 2.46. The zero-order valence-electron chi connectivity index (χ0n) is 13.0. The summed E-state index contributed by atoms with van der Waals surface area (Å²) in [4.78, 5) is 4.81. The van der Waals surface area contributed by atoms with Gasteiger partial charge in [-0.3, -0.25) is 4.40 Å². The molecule has 0 spiro atoms. The van der Waals surface area contributed by atoms with Crippen molar-refractivity contribution in [1.29, 1.82) is 0 Å². The molecule has 108 valence electrons. The van der Waals surface area contributed by atoms with Crippen molar-refractivity contribution in [2.75, 3.05) is 5.32 Å². The van der Waals surface area contributed by atoms with E-state index in [2.05, 4.69) is 67.9 Å². The molecule has 0 aliphatic rings. The summed E-state index contributed by atoms with van der Waals surface area (Å²) in [6.45, 7) is 8.59. The maximum absolute atomic E-state index is 4.81. The Morgan fingerprint density at radius 2 is 1.86 bits per heavy atom. The second-order valence-electron chi connectivity index (χ2n) is 6.48. The predicted octanol–water partition coefficient (Wildman–Crippen LogP) is 4.52. The average Bonchev–Trinajstić information content (AvgIpc) is 2.76. The van der Waals surface area contributed by atoms with Crippen molar-refractivity contribution in [3.8, 4) is 11.3 Å². The lowest BCUT2D eigenvalue weighted by Gasteiger charge is -2.22. The van der Waals surface area contributed by atoms with Crippen LogP contribution in [0.15, 0.2) is 48.7 Å². The number of fused-ring (bicyclic) bond motifs is 1. The van der Waals surface area contributed by atoms with Crippen LogP contribution in [0.25, 0.3) is 16.9 Å². The zero-order valence-corrected chi connectivity index (χ0v) is 13.0. The summed E-state index contributed by atoms with van der Waals surface area (Å²) in [5, 5.41) is 3.59. The Morgan fingerprint density at radius 3 is 2.57 bits per heavy atom. The van der Waals surface area contributed by atoms with E-state index in [4.69, 9.17) is 4.98 Å². The highest BCUT2D eigenvalue weighted by atomic mass is 15.2. The summed E-state index contributed by atoms with van der Waals surface area (Å²) in [6, 6.07) is 14.6. The highest BCUT2D eigenvalue weighted by Crippen LogP contribution is 2.31. The van der Waals surface area contributed by atoms with Gasteiger partial charge in [0.2, 0.25) is 0 Å². The van der Waals surface area contributed by atoms with Crippen LogP contribution in [0.5, 0.6) is 0 Å². The van der Waals surface area contributed by atoms with Gasteiger partial charge in [0.1, 0.15) is 17.2 Å². The van der Waals surface area contributed by atoms with Gasteiger partial charge in [0.15, 0.2) is 0 Å². The molecule has 1 N–H and O–H groups in total. The molecule has 0 atom stereocenters. The Morgan fingerprint density at radius 1 is 1.05 bits per heavy atom. The molecule has 3 nitrogen and oxygen atoms in total. The standard InChI is InChI=1S/C18H21N3/c1-13-8-7-9-14(12-13)16-17(20-18(2,3)4)21-11-6-5-10-15(21)19-16/h5-12,20H,1-4H3. The van der Waals surface area contributed by atoms with E-state index < -0.39 is 0 Å². The monoisotopic (exact) mass is 279 g/mol. The smallest absolute Gasteiger partial charge is 0.139 e. The third kappa shape index (κ3) is 2.77. The first-order valence-electron chi connectivity index (χ1n) is 7.26. The number of benzene rings is 1. The van der Waals surface area contributed by atoms with Crippen molar-refractivity contribution in [1.82, 2.24) is 9.38 Å². The van der Waals surface area contributed by atoms with Gasteiger partial charge in [0.25, 0.3) is 0 Å². The lowest BCUT2D eigenvalue weighted by Crippen LogP contribution is -2.27. The number of imidazole rings is 1. The molecule has 0 radical (unpaired) electrons. The molecule has 2 aromatic heterocycles. The summed E-state index contributed by atoms with van der Waals surface area (Å²) >= 11 is 0. The normalized spacial score (nSPS) is 11.8. The molecule has 0 bridgehead atoms. The quantitative estimate of drug-likeness (QED) is 0.747. The molecule has 3 aromatic rings. The molecule has 0 aliphatic carbocycles.